The van der Waals surface area contributed by atoms with Gasteiger partial charge in [0.25, 0.3) is 5.56 Å². The lowest BCUT2D eigenvalue weighted by Crippen LogP contribution is -2.33. The van der Waals surface area contributed by atoms with Crippen LogP contribution in [0.25, 0.3) is 21.7 Å². The van der Waals surface area contributed by atoms with Crippen molar-refractivity contribution in [3.05, 3.63) is 76.8 Å². The van der Waals surface area contributed by atoms with Crippen molar-refractivity contribution in [2.75, 3.05) is 13.7 Å². The normalized spacial score (nSPS) is 12.9. The van der Waals surface area contributed by atoms with E-state index in [9.17, 15) is 9.59 Å². The Morgan fingerprint density at radius 3 is 2.51 bits per heavy atom. The Hall–Kier alpha value is -4.07. The molecular formula is C27H29N3O5. The molecule has 1 amide bonds. The van der Waals surface area contributed by atoms with Gasteiger partial charge in [0.05, 0.1) is 37.4 Å². The fraction of sp³-hybridized carbons (Fsp3) is 0.296. The van der Waals surface area contributed by atoms with Gasteiger partial charge in [0.15, 0.2) is 0 Å². The van der Waals surface area contributed by atoms with Crippen LogP contribution in [0.4, 0.5) is 4.79 Å². The van der Waals surface area contributed by atoms with Gasteiger partial charge in [-0.25, -0.2) is 4.79 Å². The van der Waals surface area contributed by atoms with Gasteiger partial charge >= 0.3 is 6.09 Å². The number of rotatable bonds is 9. The fourth-order valence-electron chi connectivity index (χ4n) is 4.36. The van der Waals surface area contributed by atoms with Gasteiger partial charge in [-0.15, -0.1) is 0 Å². The summed E-state index contributed by atoms with van der Waals surface area (Å²) in [5.74, 6) is 1.49. The third-order valence-corrected chi connectivity index (χ3v) is 6.01. The number of hydrogen-bond donors (Lipinski definition) is 2. The van der Waals surface area contributed by atoms with Crippen LogP contribution >= 0.6 is 0 Å². The van der Waals surface area contributed by atoms with E-state index in [1.807, 2.05) is 56.3 Å². The third kappa shape index (κ3) is 5.54. The summed E-state index contributed by atoms with van der Waals surface area (Å²) in [5, 5.41) is 13.7. The average Bonchev–Trinajstić information content (AvgIpc) is 2.85. The number of nitrogens with zero attached hydrogens (tertiary/aromatic N) is 2. The summed E-state index contributed by atoms with van der Waals surface area (Å²) in [6.45, 7) is 4.64. The highest BCUT2D eigenvalue weighted by Crippen LogP contribution is 2.26. The lowest BCUT2D eigenvalue weighted by atomic mass is 10.0. The molecule has 2 atom stereocenters. The lowest BCUT2D eigenvalue weighted by molar-refractivity contribution is 0.185. The summed E-state index contributed by atoms with van der Waals surface area (Å²) in [5.41, 5.74) is 1.62. The Morgan fingerprint density at radius 1 is 1.06 bits per heavy atom. The maximum absolute atomic E-state index is 13.6. The molecule has 0 aliphatic carbocycles. The molecule has 8 nitrogen and oxygen atoms in total. The zero-order valence-electron chi connectivity index (χ0n) is 20.0. The van der Waals surface area contributed by atoms with Crippen LogP contribution in [0.5, 0.6) is 11.5 Å². The minimum atomic E-state index is -1.03. The topological polar surface area (TPSA) is 103 Å². The molecule has 2 aromatic heterocycles. The number of nitrogens with one attached hydrogen (secondary N) is 1. The Kier molecular flexibility index (Phi) is 7.19. The highest BCUT2D eigenvalue weighted by Gasteiger charge is 2.14. The van der Waals surface area contributed by atoms with Gasteiger partial charge in [-0.2, -0.15) is 0 Å². The van der Waals surface area contributed by atoms with Gasteiger partial charge in [-0.05, 0) is 66.6 Å². The van der Waals surface area contributed by atoms with Crippen LogP contribution in [0.1, 0.15) is 25.8 Å². The molecule has 0 fully saturated rings. The Balaban J connectivity index is 1.64. The van der Waals surface area contributed by atoms with Crippen molar-refractivity contribution in [1.29, 1.82) is 0 Å². The first-order valence-corrected chi connectivity index (χ1v) is 11.5. The molecule has 8 heteroatoms. The summed E-state index contributed by atoms with van der Waals surface area (Å²) >= 11 is 0. The van der Waals surface area contributed by atoms with Gasteiger partial charge in [0.2, 0.25) is 0 Å². The van der Waals surface area contributed by atoms with Crippen LogP contribution in [0.2, 0.25) is 0 Å². The second-order valence-corrected chi connectivity index (χ2v) is 8.84. The number of carboxylic acid groups (broad SMARTS) is 1. The number of fused-ring (bicyclic) bond motifs is 3. The Morgan fingerprint density at radius 2 is 1.80 bits per heavy atom. The molecule has 0 spiro atoms. The number of pyridine rings is 2. The van der Waals surface area contributed by atoms with Gasteiger partial charge < -0.3 is 24.5 Å². The number of hydrogen-bond acceptors (Lipinski definition) is 5. The van der Waals surface area contributed by atoms with Gasteiger partial charge in [-0.1, -0.05) is 19.1 Å². The van der Waals surface area contributed by atoms with Gasteiger partial charge in [-0.3, -0.25) is 9.78 Å². The highest BCUT2D eigenvalue weighted by atomic mass is 16.5. The van der Waals surface area contributed by atoms with Crippen molar-refractivity contribution < 1.29 is 19.4 Å². The summed E-state index contributed by atoms with van der Waals surface area (Å²) in [6.07, 6.45) is 3.06. The molecule has 4 rings (SSSR count). The van der Waals surface area contributed by atoms with Crippen LogP contribution in [0, 0.1) is 5.92 Å². The molecule has 2 N–H and O–H groups in total. The quantitative estimate of drug-likeness (QED) is 0.341. The summed E-state index contributed by atoms with van der Waals surface area (Å²) < 4.78 is 13.0. The second-order valence-electron chi connectivity index (χ2n) is 8.84. The number of benzene rings is 2. The summed E-state index contributed by atoms with van der Waals surface area (Å²) in [4.78, 5) is 28.7. The Labute approximate surface area is 203 Å². The minimum Gasteiger partial charge on any atom is -0.497 e. The molecule has 1 unspecified atom stereocenters. The van der Waals surface area contributed by atoms with Crippen LogP contribution in [-0.2, 0) is 6.54 Å². The number of aromatic nitrogens is 2. The molecular weight excluding hydrogens is 446 g/mol. The van der Waals surface area contributed by atoms with Crippen LogP contribution in [0.15, 0.2) is 65.7 Å². The number of methoxy groups -OCH3 is 1. The summed E-state index contributed by atoms with van der Waals surface area (Å²) in [6, 6.07) is 14.9. The van der Waals surface area contributed by atoms with E-state index in [-0.39, 0.29) is 17.5 Å². The SMILES string of the molecule is COc1ccc(Cn2c(=O)c3cc(OC[C@@H](C)CC(C)NC(=O)O)ccc3c3ccncc32)cc1. The molecule has 2 heterocycles. The van der Waals surface area contributed by atoms with Crippen LogP contribution in [0.3, 0.4) is 0 Å². The van der Waals surface area contributed by atoms with Crippen LogP contribution < -0.4 is 20.3 Å². The maximum atomic E-state index is 13.6. The van der Waals surface area contributed by atoms with Gasteiger partial charge in [0.1, 0.15) is 11.5 Å². The third-order valence-electron chi connectivity index (χ3n) is 6.01. The summed E-state index contributed by atoms with van der Waals surface area (Å²) in [7, 11) is 1.62. The van der Waals surface area contributed by atoms with E-state index in [2.05, 4.69) is 10.3 Å². The molecule has 0 radical (unpaired) electrons. The van der Waals surface area contributed by atoms with E-state index >= 15 is 0 Å². The Bertz CT molecular complexity index is 1400. The molecule has 35 heavy (non-hydrogen) atoms. The first kappa shape index (κ1) is 24.1. The van der Waals surface area contributed by atoms with Crippen LogP contribution in [-0.4, -0.2) is 40.5 Å². The zero-order valence-corrected chi connectivity index (χ0v) is 20.0. The molecule has 0 saturated carbocycles. The predicted molar refractivity (Wildman–Crippen MR) is 136 cm³/mol. The first-order valence-electron chi connectivity index (χ1n) is 11.5. The monoisotopic (exact) mass is 475 g/mol. The molecule has 182 valence electrons. The molecule has 0 bridgehead atoms. The lowest BCUT2D eigenvalue weighted by Gasteiger charge is -2.18. The predicted octanol–water partition coefficient (Wildman–Crippen LogP) is 4.67. The average molecular weight is 476 g/mol. The highest BCUT2D eigenvalue weighted by molar-refractivity contribution is 6.05. The van der Waals surface area contributed by atoms with Crippen molar-refractivity contribution in [1.82, 2.24) is 14.9 Å². The number of amides is 1. The van der Waals surface area contributed by atoms with E-state index in [1.165, 1.54) is 0 Å². The van der Waals surface area contributed by atoms with E-state index in [1.54, 1.807) is 30.1 Å². The number of ether oxygens (including phenoxy) is 2. The fourth-order valence-corrected chi connectivity index (χ4v) is 4.36. The van der Waals surface area contributed by atoms with E-state index < -0.39 is 6.09 Å². The maximum Gasteiger partial charge on any atom is 0.404 e. The van der Waals surface area contributed by atoms with Crippen molar-refractivity contribution in [2.45, 2.75) is 32.9 Å². The minimum absolute atomic E-state index is 0.117. The van der Waals surface area contributed by atoms with E-state index in [0.29, 0.717) is 30.7 Å². The van der Waals surface area contributed by atoms with Crippen molar-refractivity contribution in [3.8, 4) is 11.5 Å². The standard InChI is InChI=1S/C27H29N3O5/c1-17(12-18(2)29-27(32)33)16-35-21-8-9-22-23-10-11-28-14-25(23)30(26(31)24(22)13-21)15-19-4-6-20(34-3)7-5-19/h4-11,13-14,17-18,29H,12,15-16H2,1-3H3,(H,32,33)/t17-,18?/m0/s1. The first-order chi connectivity index (χ1) is 16.9. The molecule has 2 aromatic carbocycles. The van der Waals surface area contributed by atoms with Crippen molar-refractivity contribution in [2.24, 2.45) is 5.92 Å². The van der Waals surface area contributed by atoms with Gasteiger partial charge in [0, 0.05) is 17.6 Å². The molecule has 0 aliphatic heterocycles. The second kappa shape index (κ2) is 10.5. The largest absolute Gasteiger partial charge is 0.497 e. The number of carbonyl (C=O) groups is 1. The molecule has 0 aliphatic rings. The zero-order chi connectivity index (χ0) is 24.9. The smallest absolute Gasteiger partial charge is 0.404 e. The van der Waals surface area contributed by atoms with E-state index in [4.69, 9.17) is 14.6 Å². The van der Waals surface area contributed by atoms with E-state index in [0.717, 1.165) is 27.6 Å². The van der Waals surface area contributed by atoms with Crippen molar-refractivity contribution in [3.63, 3.8) is 0 Å². The molecule has 0 saturated heterocycles. The molecule has 4 aromatic rings. The van der Waals surface area contributed by atoms with Crippen molar-refractivity contribution >= 4 is 27.8 Å².